The van der Waals surface area contributed by atoms with Crippen molar-refractivity contribution in [2.75, 3.05) is 4.42 Å². The lowest BCUT2D eigenvalue weighted by Gasteiger charge is -2.10. The molecule has 0 spiro atoms. The zero-order valence-electron chi connectivity index (χ0n) is 6.00. The van der Waals surface area contributed by atoms with Crippen LogP contribution < -0.4 is 9.25 Å². The third-order valence-corrected chi connectivity index (χ3v) is 1.75. The van der Waals surface area contributed by atoms with Crippen LogP contribution in [0.15, 0.2) is 30.3 Å². The lowest BCUT2D eigenvalue weighted by molar-refractivity contribution is 0.254. The van der Waals surface area contributed by atoms with Gasteiger partial charge in [0.25, 0.3) is 0 Å². The van der Waals surface area contributed by atoms with Crippen molar-refractivity contribution in [3.05, 3.63) is 30.3 Å². The molecular formula is C7H6Cl2N2O. The minimum Gasteiger partial charge on any atom is -0.248 e. The Kier molecular flexibility index (Phi) is 3.19. The van der Waals surface area contributed by atoms with E-state index >= 15 is 0 Å². The third-order valence-electron chi connectivity index (χ3n) is 1.24. The minimum atomic E-state index is -0.579. The second-order valence-corrected chi connectivity index (χ2v) is 2.54. The lowest BCUT2D eigenvalue weighted by Crippen LogP contribution is -2.27. The van der Waals surface area contributed by atoms with Crippen molar-refractivity contribution >= 4 is 35.3 Å². The van der Waals surface area contributed by atoms with Gasteiger partial charge in [-0.25, -0.2) is 14.0 Å². The fraction of sp³-hybridized carbons (Fsp3) is 0. The fourth-order valence-electron chi connectivity index (χ4n) is 0.713. The van der Waals surface area contributed by atoms with E-state index in [2.05, 4.69) is 0 Å². The molecule has 1 N–H and O–H groups in total. The van der Waals surface area contributed by atoms with E-state index in [0.717, 1.165) is 4.42 Å². The first kappa shape index (κ1) is 9.16. The standard InChI is InChI=1S/C7H6Cl2N2O/c8-10-7(12)11(9)6-4-2-1-3-5-6/h1-5H,(H,10,12). The summed E-state index contributed by atoms with van der Waals surface area (Å²) in [6.45, 7) is 0. The highest BCUT2D eigenvalue weighted by Gasteiger charge is 2.10. The molecule has 0 aromatic heterocycles. The summed E-state index contributed by atoms with van der Waals surface area (Å²) in [6.07, 6.45) is 0. The molecule has 0 heterocycles. The third kappa shape index (κ3) is 2.03. The van der Waals surface area contributed by atoms with Crippen LogP contribution in [-0.4, -0.2) is 6.03 Å². The number of amides is 2. The van der Waals surface area contributed by atoms with Crippen molar-refractivity contribution < 1.29 is 4.79 Å². The van der Waals surface area contributed by atoms with Gasteiger partial charge in [-0.3, -0.25) is 0 Å². The Labute approximate surface area is 80.1 Å². The Hall–Kier alpha value is -0.930. The van der Waals surface area contributed by atoms with E-state index < -0.39 is 6.03 Å². The zero-order valence-corrected chi connectivity index (χ0v) is 7.51. The minimum absolute atomic E-state index is 0.567. The van der Waals surface area contributed by atoms with Crippen LogP contribution in [0.4, 0.5) is 10.5 Å². The number of halogens is 2. The molecule has 0 aliphatic heterocycles. The predicted octanol–water partition coefficient (Wildman–Crippen LogP) is 2.51. The van der Waals surface area contributed by atoms with Crippen molar-refractivity contribution in [1.82, 2.24) is 4.84 Å². The van der Waals surface area contributed by atoms with Gasteiger partial charge in [0.2, 0.25) is 0 Å². The van der Waals surface area contributed by atoms with Crippen molar-refractivity contribution in [2.24, 2.45) is 0 Å². The van der Waals surface area contributed by atoms with Gasteiger partial charge in [0.15, 0.2) is 0 Å². The maximum atomic E-state index is 10.9. The molecule has 0 saturated heterocycles. The number of carbonyl (C=O) groups is 1. The van der Waals surface area contributed by atoms with Gasteiger partial charge < -0.3 is 0 Å². The summed E-state index contributed by atoms with van der Waals surface area (Å²) >= 11 is 10.7. The summed E-state index contributed by atoms with van der Waals surface area (Å²) in [7, 11) is 0. The Bertz CT molecular complexity index is 265. The quantitative estimate of drug-likeness (QED) is 0.701. The summed E-state index contributed by atoms with van der Waals surface area (Å²) in [5.41, 5.74) is 0.567. The number of rotatable bonds is 1. The second-order valence-electron chi connectivity index (χ2n) is 2.02. The molecule has 0 bridgehead atoms. The fourth-order valence-corrected chi connectivity index (χ4v) is 0.996. The first-order valence-corrected chi connectivity index (χ1v) is 3.89. The molecule has 12 heavy (non-hydrogen) atoms. The molecule has 0 aliphatic carbocycles. The molecule has 1 aromatic rings. The molecule has 2 amide bonds. The number of nitrogens with zero attached hydrogens (tertiary/aromatic N) is 1. The van der Waals surface area contributed by atoms with Crippen LogP contribution in [0.25, 0.3) is 0 Å². The molecule has 0 fully saturated rings. The van der Waals surface area contributed by atoms with E-state index in [1.54, 1.807) is 24.3 Å². The predicted molar refractivity (Wildman–Crippen MR) is 49.2 cm³/mol. The van der Waals surface area contributed by atoms with Crippen molar-refractivity contribution in [3.63, 3.8) is 0 Å². The van der Waals surface area contributed by atoms with Crippen molar-refractivity contribution in [1.29, 1.82) is 0 Å². The van der Waals surface area contributed by atoms with E-state index in [1.165, 1.54) is 0 Å². The van der Waals surface area contributed by atoms with Gasteiger partial charge in [0, 0.05) is 23.6 Å². The van der Waals surface area contributed by atoms with E-state index in [4.69, 9.17) is 23.6 Å². The highest BCUT2D eigenvalue weighted by atomic mass is 35.5. The molecule has 0 aliphatic rings. The first-order chi connectivity index (χ1) is 5.75. The average molecular weight is 205 g/mol. The van der Waals surface area contributed by atoms with Crippen LogP contribution in [0.3, 0.4) is 0 Å². The van der Waals surface area contributed by atoms with Crippen LogP contribution in [0.1, 0.15) is 0 Å². The average Bonchev–Trinajstić information content (AvgIpc) is 2.17. The number of urea groups is 1. The first-order valence-electron chi connectivity index (χ1n) is 3.17. The van der Waals surface area contributed by atoms with E-state index in [1.807, 2.05) is 10.9 Å². The van der Waals surface area contributed by atoms with Gasteiger partial charge in [0.1, 0.15) is 0 Å². The Morgan fingerprint density at radius 2 is 1.92 bits per heavy atom. The number of hydrogen-bond acceptors (Lipinski definition) is 1. The molecule has 64 valence electrons. The molecule has 0 radical (unpaired) electrons. The SMILES string of the molecule is O=C(NCl)N(Cl)c1ccccc1. The van der Waals surface area contributed by atoms with Crippen LogP contribution in [-0.2, 0) is 0 Å². The molecule has 1 rings (SSSR count). The van der Waals surface area contributed by atoms with Gasteiger partial charge in [0.05, 0.1) is 5.69 Å². The highest BCUT2D eigenvalue weighted by molar-refractivity contribution is 6.39. The van der Waals surface area contributed by atoms with Crippen LogP contribution >= 0.6 is 23.6 Å². The van der Waals surface area contributed by atoms with Crippen LogP contribution in [0.2, 0.25) is 0 Å². The Morgan fingerprint density at radius 1 is 1.33 bits per heavy atom. The topological polar surface area (TPSA) is 32.3 Å². The number of hydrogen-bond donors (Lipinski definition) is 1. The zero-order chi connectivity index (χ0) is 8.97. The second kappa shape index (κ2) is 4.18. The molecule has 1 aromatic carbocycles. The smallest absolute Gasteiger partial charge is 0.248 e. The summed E-state index contributed by atoms with van der Waals surface area (Å²) in [4.78, 5) is 12.8. The van der Waals surface area contributed by atoms with Gasteiger partial charge in [-0.2, -0.15) is 0 Å². The number of nitrogens with one attached hydrogen (secondary N) is 1. The van der Waals surface area contributed by atoms with E-state index in [0.29, 0.717) is 5.69 Å². The van der Waals surface area contributed by atoms with E-state index in [-0.39, 0.29) is 0 Å². The van der Waals surface area contributed by atoms with Gasteiger partial charge in [-0.05, 0) is 12.1 Å². The Morgan fingerprint density at radius 3 is 2.42 bits per heavy atom. The summed E-state index contributed by atoms with van der Waals surface area (Å²) in [6, 6.07) is 8.17. The molecule has 0 atom stereocenters. The number of para-hydroxylation sites is 1. The lowest BCUT2D eigenvalue weighted by atomic mass is 10.3. The molecular weight excluding hydrogens is 199 g/mol. The van der Waals surface area contributed by atoms with Gasteiger partial charge in [-0.15, -0.1) is 0 Å². The van der Waals surface area contributed by atoms with Crippen molar-refractivity contribution in [2.45, 2.75) is 0 Å². The molecule has 3 nitrogen and oxygen atoms in total. The summed E-state index contributed by atoms with van der Waals surface area (Å²) in [5.74, 6) is 0. The summed E-state index contributed by atoms with van der Waals surface area (Å²) in [5, 5.41) is 0. The molecule has 0 unspecified atom stereocenters. The maximum Gasteiger partial charge on any atom is 0.351 e. The number of anilines is 1. The van der Waals surface area contributed by atoms with Crippen LogP contribution in [0.5, 0.6) is 0 Å². The van der Waals surface area contributed by atoms with Crippen molar-refractivity contribution in [3.8, 4) is 0 Å². The van der Waals surface area contributed by atoms with E-state index in [9.17, 15) is 4.79 Å². The summed E-state index contributed by atoms with van der Waals surface area (Å²) < 4.78 is 0.896. The molecule has 5 heteroatoms. The van der Waals surface area contributed by atoms with Gasteiger partial charge >= 0.3 is 6.03 Å². The number of carbonyl (C=O) groups excluding carboxylic acids is 1. The normalized spacial score (nSPS) is 9.17. The van der Waals surface area contributed by atoms with Crippen LogP contribution in [0, 0.1) is 0 Å². The Balaban J connectivity index is 2.78. The molecule has 0 saturated carbocycles. The largest absolute Gasteiger partial charge is 0.351 e. The number of benzene rings is 1. The maximum absolute atomic E-state index is 10.9. The highest BCUT2D eigenvalue weighted by Crippen LogP contribution is 2.15. The monoisotopic (exact) mass is 204 g/mol. The van der Waals surface area contributed by atoms with Gasteiger partial charge in [-0.1, -0.05) is 18.2 Å².